The van der Waals surface area contributed by atoms with Gasteiger partial charge < -0.3 is 19.7 Å². The van der Waals surface area contributed by atoms with Crippen molar-refractivity contribution in [3.8, 4) is 0 Å². The molecular weight excluding hydrogens is 286 g/mol. The van der Waals surface area contributed by atoms with Crippen LogP contribution in [0.4, 0.5) is 9.59 Å². The molecule has 1 aliphatic heterocycles. The van der Waals surface area contributed by atoms with Crippen molar-refractivity contribution in [1.82, 2.24) is 15.1 Å². The van der Waals surface area contributed by atoms with Crippen LogP contribution in [0.25, 0.3) is 0 Å². The maximum atomic E-state index is 11.7. The second-order valence-electron chi connectivity index (χ2n) is 6.12. The highest BCUT2D eigenvalue weighted by atomic mass is 16.6. The molecule has 126 valence electrons. The molecule has 22 heavy (non-hydrogen) atoms. The maximum absolute atomic E-state index is 11.7. The van der Waals surface area contributed by atoms with E-state index >= 15 is 0 Å². The Morgan fingerprint density at radius 1 is 1.23 bits per heavy atom. The molecule has 1 saturated heterocycles. The van der Waals surface area contributed by atoms with Gasteiger partial charge in [0.05, 0.1) is 0 Å². The van der Waals surface area contributed by atoms with Crippen molar-refractivity contribution in [2.24, 2.45) is 0 Å². The van der Waals surface area contributed by atoms with E-state index in [2.05, 4.69) is 16.8 Å². The molecule has 1 N–H and O–H groups in total. The summed E-state index contributed by atoms with van der Waals surface area (Å²) in [4.78, 5) is 27.0. The first kappa shape index (κ1) is 18.3. The summed E-state index contributed by atoms with van der Waals surface area (Å²) >= 11 is 0. The van der Waals surface area contributed by atoms with Gasteiger partial charge in [-0.3, -0.25) is 4.90 Å². The van der Waals surface area contributed by atoms with Gasteiger partial charge in [0.2, 0.25) is 0 Å². The lowest BCUT2D eigenvalue weighted by molar-refractivity contribution is 0.0515. The van der Waals surface area contributed by atoms with Crippen LogP contribution >= 0.6 is 0 Å². The standard InChI is InChI=1S/C15H27N3O4/c1-5-12-21-14(20)18-10-8-17(9-11-18)7-6-16-13(19)22-15(2,3)4/h5H,1,6-12H2,2-4H3,(H,16,19). The molecule has 0 spiro atoms. The van der Waals surface area contributed by atoms with Crippen molar-refractivity contribution in [1.29, 1.82) is 0 Å². The van der Waals surface area contributed by atoms with Crippen LogP contribution in [-0.2, 0) is 9.47 Å². The van der Waals surface area contributed by atoms with E-state index in [1.807, 2.05) is 20.8 Å². The first-order valence-corrected chi connectivity index (χ1v) is 7.53. The van der Waals surface area contributed by atoms with Crippen LogP contribution in [0.5, 0.6) is 0 Å². The van der Waals surface area contributed by atoms with Crippen LogP contribution in [0.15, 0.2) is 12.7 Å². The summed E-state index contributed by atoms with van der Waals surface area (Å²) < 4.78 is 10.2. The lowest BCUT2D eigenvalue weighted by atomic mass is 10.2. The molecule has 0 saturated carbocycles. The lowest BCUT2D eigenvalue weighted by Gasteiger charge is -2.34. The van der Waals surface area contributed by atoms with Crippen LogP contribution in [0, 0.1) is 0 Å². The van der Waals surface area contributed by atoms with E-state index in [9.17, 15) is 9.59 Å². The van der Waals surface area contributed by atoms with Crippen LogP contribution in [0.3, 0.4) is 0 Å². The molecule has 0 atom stereocenters. The van der Waals surface area contributed by atoms with Crippen LogP contribution in [0.1, 0.15) is 20.8 Å². The van der Waals surface area contributed by atoms with Crippen LogP contribution in [-0.4, -0.2) is 73.5 Å². The number of rotatable bonds is 5. The largest absolute Gasteiger partial charge is 0.445 e. The highest BCUT2D eigenvalue weighted by Crippen LogP contribution is 2.06. The summed E-state index contributed by atoms with van der Waals surface area (Å²) in [6, 6.07) is 0. The zero-order chi connectivity index (χ0) is 16.6. The van der Waals surface area contributed by atoms with Gasteiger partial charge in [0.25, 0.3) is 0 Å². The predicted molar refractivity (Wildman–Crippen MR) is 83.8 cm³/mol. The molecule has 0 unspecified atom stereocenters. The summed E-state index contributed by atoms with van der Waals surface area (Å²) in [6.45, 7) is 13.3. The first-order valence-electron chi connectivity index (χ1n) is 7.53. The molecule has 1 aliphatic rings. The number of nitrogens with zero attached hydrogens (tertiary/aromatic N) is 2. The van der Waals surface area contributed by atoms with Crippen molar-refractivity contribution in [3.63, 3.8) is 0 Å². The Kier molecular flexibility index (Phi) is 7.17. The number of hydrogen-bond acceptors (Lipinski definition) is 5. The molecule has 0 aromatic carbocycles. The van der Waals surface area contributed by atoms with E-state index in [1.165, 1.54) is 0 Å². The van der Waals surface area contributed by atoms with Gasteiger partial charge in [0, 0.05) is 39.3 Å². The zero-order valence-electron chi connectivity index (χ0n) is 13.8. The summed E-state index contributed by atoms with van der Waals surface area (Å²) in [6.07, 6.45) is 0.849. The van der Waals surface area contributed by atoms with Gasteiger partial charge in [-0.05, 0) is 20.8 Å². The fourth-order valence-corrected chi connectivity index (χ4v) is 2.01. The van der Waals surface area contributed by atoms with E-state index in [4.69, 9.17) is 9.47 Å². The Morgan fingerprint density at radius 3 is 2.41 bits per heavy atom. The van der Waals surface area contributed by atoms with E-state index in [-0.39, 0.29) is 12.7 Å². The summed E-state index contributed by atoms with van der Waals surface area (Å²) in [5.41, 5.74) is -0.485. The van der Waals surface area contributed by atoms with Gasteiger partial charge in [0.15, 0.2) is 0 Å². The quantitative estimate of drug-likeness (QED) is 0.778. The Bertz CT molecular complexity index is 385. The molecule has 0 aliphatic carbocycles. The highest BCUT2D eigenvalue weighted by molar-refractivity contribution is 5.68. The third kappa shape index (κ3) is 7.31. The SMILES string of the molecule is C=CCOC(=O)N1CCN(CCNC(=O)OC(C)(C)C)CC1. The smallest absolute Gasteiger partial charge is 0.410 e. The van der Waals surface area contributed by atoms with Gasteiger partial charge in [-0.15, -0.1) is 0 Å². The highest BCUT2D eigenvalue weighted by Gasteiger charge is 2.22. The maximum Gasteiger partial charge on any atom is 0.410 e. The Balaban J connectivity index is 2.17. The van der Waals surface area contributed by atoms with Gasteiger partial charge in [-0.25, -0.2) is 9.59 Å². The lowest BCUT2D eigenvalue weighted by Crippen LogP contribution is -2.50. The molecule has 0 radical (unpaired) electrons. The molecular formula is C15H27N3O4. The predicted octanol–water partition coefficient (Wildman–Crippen LogP) is 1.45. The molecule has 1 fully saturated rings. The monoisotopic (exact) mass is 313 g/mol. The second-order valence-corrected chi connectivity index (χ2v) is 6.12. The number of amides is 2. The van der Waals surface area contributed by atoms with E-state index in [1.54, 1.807) is 11.0 Å². The van der Waals surface area contributed by atoms with Gasteiger partial charge in [0.1, 0.15) is 12.2 Å². The van der Waals surface area contributed by atoms with Crippen LogP contribution in [0.2, 0.25) is 0 Å². The normalized spacial score (nSPS) is 16.0. The second kappa shape index (κ2) is 8.63. The minimum atomic E-state index is -0.485. The van der Waals surface area contributed by atoms with Crippen molar-refractivity contribution in [3.05, 3.63) is 12.7 Å². The van der Waals surface area contributed by atoms with E-state index < -0.39 is 11.7 Å². The molecule has 7 nitrogen and oxygen atoms in total. The fourth-order valence-electron chi connectivity index (χ4n) is 2.01. The minimum absolute atomic E-state index is 0.235. The third-order valence-corrected chi connectivity index (χ3v) is 3.05. The molecule has 7 heteroatoms. The minimum Gasteiger partial charge on any atom is -0.445 e. The number of ether oxygens (including phenoxy) is 2. The molecule has 0 bridgehead atoms. The fraction of sp³-hybridized carbons (Fsp3) is 0.733. The van der Waals surface area contributed by atoms with Crippen molar-refractivity contribution >= 4 is 12.2 Å². The average molecular weight is 313 g/mol. The number of hydrogen-bond donors (Lipinski definition) is 1. The Labute approximate surface area is 132 Å². The number of carbonyl (C=O) groups is 2. The van der Waals surface area contributed by atoms with Crippen LogP contribution < -0.4 is 5.32 Å². The third-order valence-electron chi connectivity index (χ3n) is 3.05. The Morgan fingerprint density at radius 2 is 1.86 bits per heavy atom. The summed E-state index contributed by atoms with van der Waals surface area (Å²) in [5, 5.41) is 2.73. The number of nitrogens with one attached hydrogen (secondary N) is 1. The van der Waals surface area contributed by atoms with E-state index in [0.717, 1.165) is 19.6 Å². The number of piperazine rings is 1. The molecule has 2 amide bonds. The summed E-state index contributed by atoms with van der Waals surface area (Å²) in [5.74, 6) is 0. The van der Waals surface area contributed by atoms with Crippen molar-refractivity contribution in [2.45, 2.75) is 26.4 Å². The topological polar surface area (TPSA) is 71.1 Å². The Hall–Kier alpha value is -1.76. The van der Waals surface area contributed by atoms with E-state index in [0.29, 0.717) is 19.6 Å². The molecule has 0 aromatic heterocycles. The molecule has 0 aromatic rings. The molecule has 1 heterocycles. The van der Waals surface area contributed by atoms with Crippen molar-refractivity contribution in [2.75, 3.05) is 45.9 Å². The summed E-state index contributed by atoms with van der Waals surface area (Å²) in [7, 11) is 0. The van der Waals surface area contributed by atoms with Crippen molar-refractivity contribution < 1.29 is 19.1 Å². The molecule has 1 rings (SSSR count). The van der Waals surface area contributed by atoms with Gasteiger partial charge >= 0.3 is 12.2 Å². The number of alkyl carbamates (subject to hydrolysis) is 1. The number of carbonyl (C=O) groups excluding carboxylic acids is 2. The zero-order valence-corrected chi connectivity index (χ0v) is 13.8. The van der Waals surface area contributed by atoms with Gasteiger partial charge in [-0.2, -0.15) is 0 Å². The average Bonchev–Trinajstić information content (AvgIpc) is 2.43. The van der Waals surface area contributed by atoms with Gasteiger partial charge in [-0.1, -0.05) is 12.7 Å². The first-order chi connectivity index (χ1) is 10.3.